The Morgan fingerprint density at radius 1 is 1.39 bits per heavy atom. The summed E-state index contributed by atoms with van der Waals surface area (Å²) in [5.41, 5.74) is 0.0113. The Morgan fingerprint density at radius 2 is 2.22 bits per heavy atom. The van der Waals surface area contributed by atoms with Crippen LogP contribution in [0.4, 0.5) is 5.82 Å². The maximum Gasteiger partial charge on any atom is 0.339 e. The van der Waals surface area contributed by atoms with Gasteiger partial charge in [-0.05, 0) is 31.4 Å². The van der Waals surface area contributed by atoms with Crippen molar-refractivity contribution >= 4 is 17.7 Å². The number of pyridine rings is 1. The van der Waals surface area contributed by atoms with E-state index in [0.29, 0.717) is 6.42 Å². The Labute approximate surface area is 105 Å². The summed E-state index contributed by atoms with van der Waals surface area (Å²) in [5.74, 6) is -1.24. The lowest BCUT2D eigenvalue weighted by Crippen LogP contribution is -2.25. The molecule has 1 aromatic heterocycles. The zero-order valence-corrected chi connectivity index (χ0v) is 9.80. The summed E-state index contributed by atoms with van der Waals surface area (Å²) in [6.45, 7) is 0. The van der Waals surface area contributed by atoms with E-state index in [-0.39, 0.29) is 23.2 Å². The highest BCUT2D eigenvalue weighted by molar-refractivity contribution is 5.99. The quantitative estimate of drug-likeness (QED) is 0.800. The zero-order valence-electron chi connectivity index (χ0n) is 9.80. The minimum absolute atomic E-state index is 0.0113. The number of hydrogen-bond donors (Lipinski definition) is 2. The average Bonchev–Trinajstić information content (AvgIpc) is 2.40. The van der Waals surface area contributed by atoms with Gasteiger partial charge in [0.1, 0.15) is 11.4 Å². The lowest BCUT2D eigenvalue weighted by atomic mass is 9.93. The normalized spacial score (nSPS) is 18.3. The number of nitrogens with zero attached hydrogens (tertiary/aromatic N) is 1. The number of anilines is 1. The lowest BCUT2D eigenvalue weighted by Gasteiger charge is -2.17. The van der Waals surface area contributed by atoms with Gasteiger partial charge in [0.2, 0.25) is 5.91 Å². The van der Waals surface area contributed by atoms with Crippen molar-refractivity contribution in [1.29, 1.82) is 0 Å². The summed E-state index contributed by atoms with van der Waals surface area (Å²) in [4.78, 5) is 26.8. The summed E-state index contributed by atoms with van der Waals surface area (Å²) in [6.07, 6.45) is 7.85. The maximum absolute atomic E-state index is 12.0. The van der Waals surface area contributed by atoms with Gasteiger partial charge in [-0.25, -0.2) is 9.78 Å². The van der Waals surface area contributed by atoms with Crippen LogP contribution >= 0.6 is 0 Å². The van der Waals surface area contributed by atoms with Gasteiger partial charge >= 0.3 is 5.97 Å². The Morgan fingerprint density at radius 3 is 2.89 bits per heavy atom. The molecule has 0 saturated heterocycles. The van der Waals surface area contributed by atoms with Crippen molar-refractivity contribution < 1.29 is 14.7 Å². The molecule has 0 aliphatic heterocycles. The van der Waals surface area contributed by atoms with E-state index in [0.717, 1.165) is 12.8 Å². The fourth-order valence-electron chi connectivity index (χ4n) is 1.93. The molecule has 0 radical (unpaired) electrons. The highest BCUT2D eigenvalue weighted by Crippen LogP contribution is 2.20. The van der Waals surface area contributed by atoms with Crippen molar-refractivity contribution in [2.45, 2.75) is 19.3 Å². The number of carboxylic acids is 1. The molecule has 1 aliphatic rings. The van der Waals surface area contributed by atoms with E-state index in [1.54, 1.807) is 0 Å². The van der Waals surface area contributed by atoms with Gasteiger partial charge in [0.25, 0.3) is 0 Å². The summed E-state index contributed by atoms with van der Waals surface area (Å²) >= 11 is 0. The molecule has 1 heterocycles. The van der Waals surface area contributed by atoms with Crippen LogP contribution in [0.5, 0.6) is 0 Å². The molecule has 1 atom stereocenters. The smallest absolute Gasteiger partial charge is 0.339 e. The molecule has 2 N–H and O–H groups in total. The first-order chi connectivity index (χ1) is 8.68. The van der Waals surface area contributed by atoms with E-state index in [1.165, 1.54) is 18.3 Å². The highest BCUT2D eigenvalue weighted by Gasteiger charge is 2.21. The molecular formula is C13H14N2O3. The minimum atomic E-state index is -1.10. The van der Waals surface area contributed by atoms with Crippen molar-refractivity contribution in [3.8, 4) is 0 Å². The van der Waals surface area contributed by atoms with Gasteiger partial charge < -0.3 is 10.4 Å². The molecule has 1 aromatic rings. The van der Waals surface area contributed by atoms with Crippen molar-refractivity contribution in [1.82, 2.24) is 4.98 Å². The molecule has 0 fully saturated rings. The molecule has 94 valence electrons. The molecule has 5 nitrogen and oxygen atoms in total. The predicted octanol–water partition coefficient (Wildman–Crippen LogP) is 2.07. The minimum Gasteiger partial charge on any atom is -0.478 e. The van der Waals surface area contributed by atoms with Crippen molar-refractivity contribution in [3.63, 3.8) is 0 Å². The van der Waals surface area contributed by atoms with Crippen molar-refractivity contribution in [2.75, 3.05) is 5.32 Å². The summed E-state index contributed by atoms with van der Waals surface area (Å²) in [7, 11) is 0. The van der Waals surface area contributed by atoms with Crippen LogP contribution in [-0.4, -0.2) is 22.0 Å². The van der Waals surface area contributed by atoms with E-state index in [1.807, 2.05) is 12.2 Å². The van der Waals surface area contributed by atoms with Crippen LogP contribution in [0.25, 0.3) is 0 Å². The molecule has 1 aliphatic carbocycles. The van der Waals surface area contributed by atoms with Crippen molar-refractivity contribution in [2.24, 2.45) is 5.92 Å². The third kappa shape index (κ3) is 2.74. The topological polar surface area (TPSA) is 79.3 Å². The van der Waals surface area contributed by atoms with Gasteiger partial charge in [0, 0.05) is 12.1 Å². The van der Waals surface area contributed by atoms with Gasteiger partial charge in [-0.1, -0.05) is 12.2 Å². The molecule has 0 aromatic carbocycles. The van der Waals surface area contributed by atoms with Gasteiger partial charge in [-0.2, -0.15) is 0 Å². The molecule has 18 heavy (non-hydrogen) atoms. The number of aromatic carboxylic acids is 1. The third-order valence-corrected chi connectivity index (χ3v) is 2.92. The summed E-state index contributed by atoms with van der Waals surface area (Å²) in [5, 5.41) is 11.6. The molecule has 1 amide bonds. The first kappa shape index (κ1) is 12.3. The van der Waals surface area contributed by atoms with E-state index >= 15 is 0 Å². The predicted molar refractivity (Wildman–Crippen MR) is 66.3 cm³/mol. The Hall–Kier alpha value is -2.17. The number of carboxylic acid groups (broad SMARTS) is 1. The number of carbonyl (C=O) groups is 2. The molecule has 0 spiro atoms. The number of hydrogen-bond acceptors (Lipinski definition) is 3. The SMILES string of the molecule is O=C(O)c1cccnc1NC(=O)C1CC=CCC1. The largest absolute Gasteiger partial charge is 0.478 e. The molecule has 0 bridgehead atoms. The summed E-state index contributed by atoms with van der Waals surface area (Å²) in [6, 6.07) is 2.95. The van der Waals surface area contributed by atoms with E-state index < -0.39 is 5.97 Å². The first-order valence-corrected chi connectivity index (χ1v) is 5.82. The molecule has 0 saturated carbocycles. The fourth-order valence-corrected chi connectivity index (χ4v) is 1.93. The zero-order chi connectivity index (χ0) is 13.0. The highest BCUT2D eigenvalue weighted by atomic mass is 16.4. The number of aromatic nitrogens is 1. The number of nitrogens with one attached hydrogen (secondary N) is 1. The second kappa shape index (κ2) is 5.44. The van der Waals surface area contributed by atoms with Gasteiger partial charge in [0.05, 0.1) is 0 Å². The third-order valence-electron chi connectivity index (χ3n) is 2.92. The Bertz CT molecular complexity index is 497. The van der Waals surface area contributed by atoms with E-state index in [4.69, 9.17) is 5.11 Å². The number of carbonyl (C=O) groups excluding carboxylic acids is 1. The Kier molecular flexibility index (Phi) is 3.72. The molecule has 2 rings (SSSR count). The monoisotopic (exact) mass is 246 g/mol. The van der Waals surface area contributed by atoms with Gasteiger partial charge in [-0.15, -0.1) is 0 Å². The van der Waals surface area contributed by atoms with E-state index in [2.05, 4.69) is 10.3 Å². The maximum atomic E-state index is 12.0. The second-order valence-corrected chi connectivity index (χ2v) is 4.18. The van der Waals surface area contributed by atoms with Crippen LogP contribution in [0.15, 0.2) is 30.5 Å². The molecular weight excluding hydrogens is 232 g/mol. The van der Waals surface area contributed by atoms with E-state index in [9.17, 15) is 9.59 Å². The standard InChI is InChI=1S/C13H14N2O3/c16-12(9-5-2-1-3-6-9)15-11-10(13(17)18)7-4-8-14-11/h1-2,4,7-9H,3,5-6H2,(H,17,18)(H,14,15,16). The fraction of sp³-hybridized carbons (Fsp3) is 0.308. The lowest BCUT2D eigenvalue weighted by molar-refractivity contribution is -0.120. The molecule has 1 unspecified atom stereocenters. The number of rotatable bonds is 3. The first-order valence-electron chi connectivity index (χ1n) is 5.82. The second-order valence-electron chi connectivity index (χ2n) is 4.18. The number of amides is 1. The van der Waals surface area contributed by atoms with Crippen LogP contribution in [0, 0.1) is 5.92 Å². The van der Waals surface area contributed by atoms with Gasteiger partial charge in [-0.3, -0.25) is 4.79 Å². The summed E-state index contributed by atoms with van der Waals surface area (Å²) < 4.78 is 0. The van der Waals surface area contributed by atoms with Gasteiger partial charge in [0.15, 0.2) is 0 Å². The van der Waals surface area contributed by atoms with Crippen LogP contribution in [0.3, 0.4) is 0 Å². The number of allylic oxidation sites excluding steroid dienone is 2. The van der Waals surface area contributed by atoms with Crippen LogP contribution in [0.2, 0.25) is 0 Å². The Balaban J connectivity index is 2.11. The molecule has 5 heteroatoms. The average molecular weight is 246 g/mol. The van der Waals surface area contributed by atoms with Crippen LogP contribution in [-0.2, 0) is 4.79 Å². The van der Waals surface area contributed by atoms with Crippen LogP contribution in [0.1, 0.15) is 29.6 Å². The van der Waals surface area contributed by atoms with Crippen LogP contribution < -0.4 is 5.32 Å². The van der Waals surface area contributed by atoms with Crippen molar-refractivity contribution in [3.05, 3.63) is 36.0 Å².